The largest absolute Gasteiger partial charge is 0.508 e. The lowest BCUT2D eigenvalue weighted by atomic mass is 9.96. The maximum absolute atomic E-state index is 13.4. The van der Waals surface area contributed by atoms with Gasteiger partial charge in [-0.05, 0) is 44.0 Å². The quantitative estimate of drug-likeness (QED) is 0.379. The molecule has 5 rings (SSSR count). The monoisotopic (exact) mass is 488 g/mol. The lowest BCUT2D eigenvalue weighted by Gasteiger charge is -2.31. The van der Waals surface area contributed by atoms with Gasteiger partial charge in [-0.25, -0.2) is 4.98 Å². The number of amides is 2. The van der Waals surface area contributed by atoms with E-state index in [0.717, 1.165) is 23.4 Å². The second-order valence-corrected chi connectivity index (χ2v) is 9.36. The number of carbonyl (C=O) groups excluding carboxylic acids is 2. The fourth-order valence-corrected chi connectivity index (χ4v) is 5.20. The van der Waals surface area contributed by atoms with Gasteiger partial charge in [-0.3, -0.25) is 9.59 Å². The van der Waals surface area contributed by atoms with E-state index >= 15 is 0 Å². The van der Waals surface area contributed by atoms with Gasteiger partial charge in [-0.15, -0.1) is 11.3 Å². The molecule has 4 aromatic rings. The van der Waals surface area contributed by atoms with Gasteiger partial charge < -0.3 is 19.8 Å². The zero-order chi connectivity index (χ0) is 24.4. The minimum Gasteiger partial charge on any atom is -0.508 e. The number of carbonyl (C=O) groups is 2. The Kier molecular flexibility index (Phi) is 6.33. The molecule has 0 saturated carbocycles. The number of anilines is 1. The van der Waals surface area contributed by atoms with Crippen molar-refractivity contribution < 1.29 is 19.2 Å². The summed E-state index contributed by atoms with van der Waals surface area (Å²) in [6.45, 7) is 2.95. The van der Waals surface area contributed by atoms with Crippen molar-refractivity contribution in [3.05, 3.63) is 82.0 Å². The standard InChI is InChI=1S/C26H24N4O4S/c1-16-22(23(29-34-16)17-5-3-2-4-6-17)26(33)30-13-11-18(12-14-30)25-28-21(15-35-25)24(32)27-19-7-9-20(31)10-8-19/h2-10,15,18,31H,11-14H2,1H3,(H,27,32). The van der Waals surface area contributed by atoms with Crippen molar-refractivity contribution in [3.8, 4) is 17.0 Å². The SMILES string of the molecule is Cc1onc(-c2ccccc2)c1C(=O)N1CCC(c2nc(C(=O)Nc3ccc(O)cc3)cs2)CC1. The molecule has 8 nitrogen and oxygen atoms in total. The van der Waals surface area contributed by atoms with E-state index in [-0.39, 0.29) is 23.5 Å². The van der Waals surface area contributed by atoms with Crippen LogP contribution in [0.4, 0.5) is 5.69 Å². The molecule has 1 aliphatic heterocycles. The molecule has 0 atom stereocenters. The van der Waals surface area contributed by atoms with Crippen LogP contribution in [-0.2, 0) is 0 Å². The van der Waals surface area contributed by atoms with Crippen LogP contribution in [0.5, 0.6) is 5.75 Å². The van der Waals surface area contributed by atoms with Gasteiger partial charge >= 0.3 is 0 Å². The van der Waals surface area contributed by atoms with Gasteiger partial charge in [0.1, 0.15) is 28.5 Å². The van der Waals surface area contributed by atoms with Gasteiger partial charge in [0, 0.05) is 35.6 Å². The van der Waals surface area contributed by atoms with E-state index in [1.54, 1.807) is 24.4 Å². The number of phenolic OH excluding ortho intramolecular Hbond substituents is 1. The number of thiazole rings is 1. The highest BCUT2D eigenvalue weighted by molar-refractivity contribution is 7.10. The number of aromatic hydroxyl groups is 1. The molecule has 3 heterocycles. The highest BCUT2D eigenvalue weighted by atomic mass is 32.1. The summed E-state index contributed by atoms with van der Waals surface area (Å²) < 4.78 is 5.37. The molecule has 9 heteroatoms. The molecule has 178 valence electrons. The number of aryl methyl sites for hydroxylation is 1. The normalized spacial score (nSPS) is 14.1. The molecule has 2 aromatic heterocycles. The molecule has 0 radical (unpaired) electrons. The molecule has 0 bridgehead atoms. The summed E-state index contributed by atoms with van der Waals surface area (Å²) in [4.78, 5) is 32.3. The Morgan fingerprint density at radius 3 is 2.51 bits per heavy atom. The fourth-order valence-electron chi connectivity index (χ4n) is 4.22. The number of hydrogen-bond donors (Lipinski definition) is 2. The zero-order valence-electron chi connectivity index (χ0n) is 19.1. The van der Waals surface area contributed by atoms with Gasteiger partial charge in [-0.1, -0.05) is 35.5 Å². The minimum atomic E-state index is -0.290. The van der Waals surface area contributed by atoms with Gasteiger partial charge in [0.25, 0.3) is 11.8 Å². The molecule has 0 spiro atoms. The maximum Gasteiger partial charge on any atom is 0.275 e. The number of nitrogens with one attached hydrogen (secondary N) is 1. The summed E-state index contributed by atoms with van der Waals surface area (Å²) in [7, 11) is 0. The van der Waals surface area contributed by atoms with E-state index in [1.807, 2.05) is 35.2 Å². The number of aromatic nitrogens is 2. The number of likely N-dealkylation sites (tertiary alicyclic amines) is 1. The zero-order valence-corrected chi connectivity index (χ0v) is 19.9. The van der Waals surface area contributed by atoms with Crippen molar-refractivity contribution in [2.24, 2.45) is 0 Å². The molecule has 2 aromatic carbocycles. The number of benzene rings is 2. The second-order valence-electron chi connectivity index (χ2n) is 8.47. The van der Waals surface area contributed by atoms with Crippen LogP contribution in [0.15, 0.2) is 64.5 Å². The molecular weight excluding hydrogens is 464 g/mol. The van der Waals surface area contributed by atoms with Crippen LogP contribution in [0.1, 0.15) is 50.4 Å². The van der Waals surface area contributed by atoms with Gasteiger partial charge in [0.15, 0.2) is 0 Å². The van der Waals surface area contributed by atoms with Gasteiger partial charge in [0.05, 0.1) is 5.01 Å². The number of nitrogens with zero attached hydrogens (tertiary/aromatic N) is 3. The summed E-state index contributed by atoms with van der Waals surface area (Å²) in [6.07, 6.45) is 1.53. The molecule has 0 unspecified atom stereocenters. The first-order valence-corrected chi connectivity index (χ1v) is 12.2. The Labute approximate surface area is 206 Å². The Balaban J connectivity index is 1.23. The van der Waals surface area contributed by atoms with Crippen LogP contribution in [-0.4, -0.2) is 45.1 Å². The number of piperidine rings is 1. The lowest BCUT2D eigenvalue weighted by Crippen LogP contribution is -2.38. The Bertz CT molecular complexity index is 1340. The van der Waals surface area contributed by atoms with Crippen LogP contribution in [0.3, 0.4) is 0 Å². The van der Waals surface area contributed by atoms with Crippen molar-refractivity contribution in [1.29, 1.82) is 0 Å². The van der Waals surface area contributed by atoms with Crippen molar-refractivity contribution >= 4 is 28.8 Å². The van der Waals surface area contributed by atoms with Crippen LogP contribution in [0.2, 0.25) is 0 Å². The molecule has 2 N–H and O–H groups in total. The Hall–Kier alpha value is -3.98. The molecule has 35 heavy (non-hydrogen) atoms. The Morgan fingerprint density at radius 2 is 1.80 bits per heavy atom. The maximum atomic E-state index is 13.4. The van der Waals surface area contributed by atoms with E-state index < -0.39 is 0 Å². The van der Waals surface area contributed by atoms with E-state index in [0.29, 0.717) is 41.5 Å². The number of hydrogen-bond acceptors (Lipinski definition) is 7. The number of phenols is 1. The molecule has 0 aliphatic carbocycles. The van der Waals surface area contributed by atoms with Crippen molar-refractivity contribution in [2.75, 3.05) is 18.4 Å². The molecular formula is C26H24N4O4S. The van der Waals surface area contributed by atoms with Gasteiger partial charge in [0.2, 0.25) is 0 Å². The van der Waals surface area contributed by atoms with E-state index in [4.69, 9.17) is 4.52 Å². The van der Waals surface area contributed by atoms with Crippen LogP contribution in [0, 0.1) is 6.92 Å². The molecule has 1 fully saturated rings. The van der Waals surface area contributed by atoms with Crippen LogP contribution >= 0.6 is 11.3 Å². The lowest BCUT2D eigenvalue weighted by molar-refractivity contribution is 0.0711. The van der Waals surface area contributed by atoms with E-state index in [9.17, 15) is 14.7 Å². The van der Waals surface area contributed by atoms with Crippen LogP contribution < -0.4 is 5.32 Å². The third-order valence-electron chi connectivity index (χ3n) is 6.13. The smallest absolute Gasteiger partial charge is 0.275 e. The second kappa shape index (κ2) is 9.71. The summed E-state index contributed by atoms with van der Waals surface area (Å²) in [6, 6.07) is 15.9. The van der Waals surface area contributed by atoms with Crippen molar-refractivity contribution in [3.63, 3.8) is 0 Å². The number of rotatable bonds is 5. The highest BCUT2D eigenvalue weighted by Crippen LogP contribution is 2.33. The Morgan fingerprint density at radius 1 is 1.09 bits per heavy atom. The highest BCUT2D eigenvalue weighted by Gasteiger charge is 2.30. The predicted molar refractivity (Wildman–Crippen MR) is 133 cm³/mol. The van der Waals surface area contributed by atoms with Crippen LogP contribution in [0.25, 0.3) is 11.3 Å². The predicted octanol–water partition coefficient (Wildman–Crippen LogP) is 5.08. The summed E-state index contributed by atoms with van der Waals surface area (Å²) in [5, 5.41) is 19.0. The van der Waals surface area contributed by atoms with E-state index in [2.05, 4.69) is 15.5 Å². The first-order valence-electron chi connectivity index (χ1n) is 11.4. The summed E-state index contributed by atoms with van der Waals surface area (Å²) in [5.41, 5.74) is 2.89. The van der Waals surface area contributed by atoms with Gasteiger partial charge in [-0.2, -0.15) is 0 Å². The third-order valence-corrected chi connectivity index (χ3v) is 7.14. The minimum absolute atomic E-state index is 0.0749. The molecule has 1 saturated heterocycles. The summed E-state index contributed by atoms with van der Waals surface area (Å²) >= 11 is 1.47. The topological polar surface area (TPSA) is 109 Å². The average Bonchev–Trinajstić information content (AvgIpc) is 3.53. The third kappa shape index (κ3) is 4.81. The first kappa shape index (κ1) is 22.8. The summed E-state index contributed by atoms with van der Waals surface area (Å²) in [5.74, 6) is 0.479. The van der Waals surface area contributed by atoms with Crippen molar-refractivity contribution in [2.45, 2.75) is 25.7 Å². The average molecular weight is 489 g/mol. The fraction of sp³-hybridized carbons (Fsp3) is 0.231. The van der Waals surface area contributed by atoms with Crippen molar-refractivity contribution in [1.82, 2.24) is 15.0 Å². The van der Waals surface area contributed by atoms with E-state index in [1.165, 1.54) is 23.5 Å². The molecule has 1 aliphatic rings. The molecule has 2 amide bonds. The first-order chi connectivity index (χ1) is 17.0.